The van der Waals surface area contributed by atoms with E-state index in [0.717, 1.165) is 5.56 Å². The number of thioether (sulfide) groups is 1. The second kappa shape index (κ2) is 10.1. The molecule has 0 fully saturated rings. The summed E-state index contributed by atoms with van der Waals surface area (Å²) in [6, 6.07) is 8.95. The molecule has 0 heterocycles. The summed E-state index contributed by atoms with van der Waals surface area (Å²) >= 11 is 7.05. The van der Waals surface area contributed by atoms with Crippen molar-refractivity contribution in [3.8, 4) is 6.07 Å². The molecule has 0 saturated heterocycles. The van der Waals surface area contributed by atoms with Crippen LogP contribution >= 0.6 is 23.4 Å². The highest BCUT2D eigenvalue weighted by Gasteiger charge is 2.18. The van der Waals surface area contributed by atoms with Crippen LogP contribution in [0.3, 0.4) is 0 Å². The highest BCUT2D eigenvalue weighted by Crippen LogP contribution is 2.08. The van der Waals surface area contributed by atoms with E-state index in [4.69, 9.17) is 16.9 Å². The number of benzene rings is 1. The smallest absolute Gasteiger partial charge is 0.251 e. The van der Waals surface area contributed by atoms with Gasteiger partial charge in [-0.15, -0.1) is 11.6 Å². The van der Waals surface area contributed by atoms with Gasteiger partial charge in [-0.3, -0.25) is 9.59 Å². The topological polar surface area (TPSA) is 82.0 Å². The zero-order valence-electron chi connectivity index (χ0n) is 12.3. The molecule has 2 N–H and O–H groups in total. The molecule has 7 heteroatoms. The van der Waals surface area contributed by atoms with Gasteiger partial charge in [0.2, 0.25) is 5.91 Å². The standard InChI is InChI=1S/C15H18ClN3O2S/c1-22-13(15(21)18-8-2-7-17)10-19-14(20)12-5-3-11(9-16)4-6-12/h3-6,13H,2,8-10H2,1H3,(H,18,21)(H,19,20). The first-order chi connectivity index (χ1) is 10.6. The Kier molecular flexibility index (Phi) is 8.41. The maximum atomic E-state index is 12.0. The first kappa shape index (κ1) is 18.3. The van der Waals surface area contributed by atoms with Crippen LogP contribution < -0.4 is 10.6 Å². The van der Waals surface area contributed by atoms with Crippen LogP contribution in [-0.2, 0) is 10.7 Å². The molecule has 1 aromatic rings. The van der Waals surface area contributed by atoms with Crippen molar-refractivity contribution < 1.29 is 9.59 Å². The molecule has 118 valence electrons. The van der Waals surface area contributed by atoms with Gasteiger partial charge in [0.25, 0.3) is 5.91 Å². The van der Waals surface area contributed by atoms with Crippen molar-refractivity contribution in [3.63, 3.8) is 0 Å². The van der Waals surface area contributed by atoms with Crippen molar-refractivity contribution in [2.45, 2.75) is 17.6 Å². The van der Waals surface area contributed by atoms with Crippen molar-refractivity contribution >= 4 is 35.2 Å². The first-order valence-electron chi connectivity index (χ1n) is 6.73. The summed E-state index contributed by atoms with van der Waals surface area (Å²) in [6.07, 6.45) is 2.07. The molecule has 0 aliphatic heterocycles. The van der Waals surface area contributed by atoms with E-state index in [1.165, 1.54) is 11.8 Å². The number of rotatable bonds is 8. The van der Waals surface area contributed by atoms with Crippen LogP contribution in [0.2, 0.25) is 0 Å². The van der Waals surface area contributed by atoms with Crippen LogP contribution in [0, 0.1) is 11.3 Å². The zero-order chi connectivity index (χ0) is 16.4. The number of alkyl halides is 1. The maximum Gasteiger partial charge on any atom is 0.251 e. The third-order valence-corrected chi connectivity index (χ3v) is 4.19. The Bertz CT molecular complexity index is 543. The summed E-state index contributed by atoms with van der Waals surface area (Å²) in [6.45, 7) is 0.551. The number of hydrogen-bond donors (Lipinski definition) is 2. The molecule has 1 aromatic carbocycles. The van der Waals surface area contributed by atoms with Gasteiger partial charge in [-0.05, 0) is 24.0 Å². The van der Waals surface area contributed by atoms with Crippen molar-refractivity contribution in [2.24, 2.45) is 0 Å². The van der Waals surface area contributed by atoms with Gasteiger partial charge in [-0.25, -0.2) is 0 Å². The molecule has 0 saturated carbocycles. The second-order valence-corrected chi connectivity index (χ2v) is 5.77. The molecular formula is C15H18ClN3O2S. The third-order valence-electron chi connectivity index (χ3n) is 2.93. The van der Waals surface area contributed by atoms with Crippen molar-refractivity contribution in [3.05, 3.63) is 35.4 Å². The van der Waals surface area contributed by atoms with Gasteiger partial charge in [0, 0.05) is 24.5 Å². The first-order valence-corrected chi connectivity index (χ1v) is 8.55. The average Bonchev–Trinajstić information content (AvgIpc) is 2.55. The maximum absolute atomic E-state index is 12.0. The number of hydrogen-bond acceptors (Lipinski definition) is 4. The highest BCUT2D eigenvalue weighted by atomic mass is 35.5. The Labute approximate surface area is 139 Å². The third kappa shape index (κ3) is 5.96. The molecule has 0 aliphatic rings. The molecule has 1 rings (SSSR count). The number of amides is 2. The summed E-state index contributed by atoms with van der Waals surface area (Å²) in [5.74, 6) is -0.00944. The lowest BCUT2D eigenvalue weighted by atomic mass is 10.1. The number of halogens is 1. The highest BCUT2D eigenvalue weighted by molar-refractivity contribution is 7.99. The molecule has 0 spiro atoms. The lowest BCUT2D eigenvalue weighted by molar-refractivity contribution is -0.120. The molecule has 0 radical (unpaired) electrons. The van der Waals surface area contributed by atoms with Gasteiger partial charge in [0.05, 0.1) is 12.5 Å². The Balaban J connectivity index is 2.49. The van der Waals surface area contributed by atoms with Gasteiger partial charge in [-0.2, -0.15) is 17.0 Å². The molecule has 0 bridgehead atoms. The van der Waals surface area contributed by atoms with Gasteiger partial charge in [0.15, 0.2) is 0 Å². The molecule has 2 amide bonds. The van der Waals surface area contributed by atoms with Gasteiger partial charge in [-0.1, -0.05) is 12.1 Å². The normalized spacial score (nSPS) is 11.3. The van der Waals surface area contributed by atoms with E-state index in [9.17, 15) is 9.59 Å². The zero-order valence-corrected chi connectivity index (χ0v) is 13.8. The molecule has 0 aromatic heterocycles. The van der Waals surface area contributed by atoms with Gasteiger partial charge in [0.1, 0.15) is 5.25 Å². The van der Waals surface area contributed by atoms with Crippen LogP contribution in [0.15, 0.2) is 24.3 Å². The summed E-state index contributed by atoms with van der Waals surface area (Å²) < 4.78 is 0. The summed E-state index contributed by atoms with van der Waals surface area (Å²) in [7, 11) is 0. The summed E-state index contributed by atoms with van der Waals surface area (Å²) in [4.78, 5) is 23.9. The van der Waals surface area contributed by atoms with E-state index < -0.39 is 0 Å². The molecule has 5 nitrogen and oxygen atoms in total. The quantitative estimate of drug-likeness (QED) is 0.560. The predicted octanol–water partition coefficient (Wildman–Crippen LogP) is 1.92. The molecule has 1 atom stereocenters. The monoisotopic (exact) mass is 339 g/mol. The minimum absolute atomic E-state index is 0.180. The summed E-state index contributed by atoms with van der Waals surface area (Å²) in [5.41, 5.74) is 1.47. The number of nitrogens with zero attached hydrogens (tertiary/aromatic N) is 1. The van der Waals surface area contributed by atoms with Gasteiger partial charge >= 0.3 is 0 Å². The largest absolute Gasteiger partial charge is 0.354 e. The average molecular weight is 340 g/mol. The lowest BCUT2D eigenvalue weighted by Crippen LogP contribution is -2.41. The Morgan fingerprint density at radius 3 is 2.55 bits per heavy atom. The van der Waals surface area contributed by atoms with Crippen molar-refractivity contribution in [1.29, 1.82) is 5.26 Å². The number of carbonyl (C=O) groups is 2. The van der Waals surface area contributed by atoms with E-state index in [1.54, 1.807) is 30.5 Å². The van der Waals surface area contributed by atoms with E-state index in [2.05, 4.69) is 10.6 Å². The van der Waals surface area contributed by atoms with E-state index in [-0.39, 0.29) is 30.0 Å². The fourth-order valence-electron chi connectivity index (χ4n) is 1.67. The fourth-order valence-corrected chi connectivity index (χ4v) is 2.40. The van der Waals surface area contributed by atoms with Crippen LogP contribution in [0.5, 0.6) is 0 Å². The SMILES string of the molecule is CSC(CNC(=O)c1ccc(CCl)cc1)C(=O)NCCC#N. The minimum atomic E-state index is -0.384. The van der Waals surface area contributed by atoms with Crippen LogP contribution in [0.4, 0.5) is 0 Å². The molecule has 0 aliphatic carbocycles. The van der Waals surface area contributed by atoms with Gasteiger partial charge < -0.3 is 10.6 Å². The molecule has 1 unspecified atom stereocenters. The van der Waals surface area contributed by atoms with E-state index in [1.807, 2.05) is 6.07 Å². The number of carbonyl (C=O) groups excluding carboxylic acids is 2. The van der Waals surface area contributed by atoms with Crippen LogP contribution in [-0.4, -0.2) is 36.4 Å². The van der Waals surface area contributed by atoms with Crippen LogP contribution in [0.25, 0.3) is 0 Å². The number of nitriles is 1. The van der Waals surface area contributed by atoms with Crippen molar-refractivity contribution in [1.82, 2.24) is 10.6 Å². The lowest BCUT2D eigenvalue weighted by Gasteiger charge is -2.15. The molecule has 22 heavy (non-hydrogen) atoms. The Hall–Kier alpha value is -1.71. The molecular weight excluding hydrogens is 322 g/mol. The second-order valence-electron chi connectivity index (χ2n) is 4.46. The minimum Gasteiger partial charge on any atom is -0.354 e. The van der Waals surface area contributed by atoms with E-state index >= 15 is 0 Å². The van der Waals surface area contributed by atoms with Crippen LogP contribution in [0.1, 0.15) is 22.3 Å². The fraction of sp³-hybridized carbons (Fsp3) is 0.400. The van der Waals surface area contributed by atoms with E-state index in [0.29, 0.717) is 18.0 Å². The Morgan fingerprint density at radius 1 is 1.32 bits per heavy atom. The van der Waals surface area contributed by atoms with Crippen molar-refractivity contribution in [2.75, 3.05) is 19.3 Å². The predicted molar refractivity (Wildman–Crippen MR) is 88.9 cm³/mol. The summed E-state index contributed by atoms with van der Waals surface area (Å²) in [5, 5.41) is 13.5. The number of nitrogens with one attached hydrogen (secondary N) is 2. The Morgan fingerprint density at radius 2 is 2.00 bits per heavy atom.